The minimum atomic E-state index is -0.440. The van der Waals surface area contributed by atoms with Crippen molar-refractivity contribution >= 4 is 11.3 Å². The second-order valence-electron chi connectivity index (χ2n) is 6.35. The number of para-hydroxylation sites is 1. The highest BCUT2D eigenvalue weighted by atomic mass is 32.1. The molecule has 3 rings (SSSR count). The van der Waals surface area contributed by atoms with Gasteiger partial charge in [0.15, 0.2) is 0 Å². The maximum Gasteiger partial charge on any atom is 0.136 e. The Morgan fingerprint density at radius 2 is 1.90 bits per heavy atom. The normalized spacial score (nSPS) is 22.2. The zero-order valence-corrected chi connectivity index (χ0v) is 12.9. The first-order chi connectivity index (χ1) is 9.45. The zero-order chi connectivity index (χ0) is 14.3. The number of rotatable bonds is 1. The van der Waals surface area contributed by atoms with Crippen LogP contribution in [0.3, 0.4) is 0 Å². The third-order valence-corrected chi connectivity index (χ3v) is 5.27. The van der Waals surface area contributed by atoms with Crippen LogP contribution < -0.4 is 4.74 Å². The highest BCUT2D eigenvalue weighted by Gasteiger charge is 2.29. The monoisotopic (exact) mass is 288 g/mol. The molecule has 0 saturated carbocycles. The zero-order valence-electron chi connectivity index (χ0n) is 12.1. The van der Waals surface area contributed by atoms with Gasteiger partial charge in [0.2, 0.25) is 0 Å². The molecule has 0 fully saturated rings. The minimum Gasteiger partial charge on any atom is -0.484 e. The molecule has 1 aliphatic rings. The maximum absolute atomic E-state index is 10.3. The first-order valence-corrected chi connectivity index (χ1v) is 7.80. The van der Waals surface area contributed by atoms with Crippen LogP contribution in [0.1, 0.15) is 54.7 Å². The van der Waals surface area contributed by atoms with E-state index in [4.69, 9.17) is 4.74 Å². The Bertz CT molecular complexity index is 609. The lowest BCUT2D eigenvalue weighted by molar-refractivity contribution is 0.0674. The van der Waals surface area contributed by atoms with Crippen LogP contribution in [0.5, 0.6) is 5.75 Å². The summed E-state index contributed by atoms with van der Waals surface area (Å²) >= 11 is 1.79. The highest BCUT2D eigenvalue weighted by molar-refractivity contribution is 7.12. The Morgan fingerprint density at radius 3 is 2.60 bits per heavy atom. The topological polar surface area (TPSA) is 29.5 Å². The van der Waals surface area contributed by atoms with Crippen LogP contribution in [-0.4, -0.2) is 5.11 Å². The molecular formula is C17H20O2S. The lowest BCUT2D eigenvalue weighted by Crippen LogP contribution is -2.18. The Labute approximate surface area is 124 Å². The summed E-state index contributed by atoms with van der Waals surface area (Å²) in [4.78, 5) is 2.55. The SMILES string of the molecule is CC(C)(C)c1ccc(C2C[C@@H](O)c3ccccc3O2)s1. The molecule has 0 radical (unpaired) electrons. The van der Waals surface area contributed by atoms with Gasteiger partial charge in [-0.1, -0.05) is 39.0 Å². The van der Waals surface area contributed by atoms with Crippen LogP contribution in [-0.2, 0) is 5.41 Å². The van der Waals surface area contributed by atoms with Crippen LogP contribution in [0.25, 0.3) is 0 Å². The molecule has 0 bridgehead atoms. The van der Waals surface area contributed by atoms with E-state index in [1.54, 1.807) is 11.3 Å². The number of thiophene rings is 1. The molecule has 0 aliphatic carbocycles. The Balaban J connectivity index is 1.88. The Kier molecular flexibility index (Phi) is 3.35. The molecule has 1 aromatic heterocycles. The first-order valence-electron chi connectivity index (χ1n) is 6.99. The molecule has 106 valence electrons. The van der Waals surface area contributed by atoms with Crippen LogP contribution in [0.2, 0.25) is 0 Å². The van der Waals surface area contributed by atoms with Gasteiger partial charge in [0.25, 0.3) is 0 Å². The molecule has 1 N–H and O–H groups in total. The largest absolute Gasteiger partial charge is 0.484 e. The van der Waals surface area contributed by atoms with E-state index >= 15 is 0 Å². The number of ether oxygens (including phenoxy) is 1. The van der Waals surface area contributed by atoms with Crippen LogP contribution in [0, 0.1) is 0 Å². The first kappa shape index (κ1) is 13.7. The van der Waals surface area contributed by atoms with Crippen molar-refractivity contribution in [2.75, 3.05) is 0 Å². The van der Waals surface area contributed by atoms with Gasteiger partial charge in [0, 0.05) is 21.7 Å². The molecule has 3 heteroatoms. The summed E-state index contributed by atoms with van der Waals surface area (Å²) in [6.07, 6.45) is 0.146. The summed E-state index contributed by atoms with van der Waals surface area (Å²) in [6, 6.07) is 12.1. The predicted octanol–water partition coefficient (Wildman–Crippen LogP) is 4.60. The Hall–Kier alpha value is -1.32. The van der Waals surface area contributed by atoms with E-state index in [0.717, 1.165) is 11.3 Å². The Morgan fingerprint density at radius 1 is 1.15 bits per heavy atom. The van der Waals surface area contributed by atoms with Crippen LogP contribution in [0.15, 0.2) is 36.4 Å². The second kappa shape index (κ2) is 4.90. The van der Waals surface area contributed by atoms with Gasteiger partial charge in [0.05, 0.1) is 6.10 Å². The summed E-state index contributed by atoms with van der Waals surface area (Å²) in [5.41, 5.74) is 1.06. The van der Waals surface area contributed by atoms with E-state index in [0.29, 0.717) is 6.42 Å². The van der Waals surface area contributed by atoms with E-state index in [2.05, 4.69) is 32.9 Å². The van der Waals surface area contributed by atoms with Gasteiger partial charge in [-0.25, -0.2) is 0 Å². The number of fused-ring (bicyclic) bond motifs is 1. The summed E-state index contributed by atoms with van der Waals surface area (Å²) in [5, 5.41) is 10.3. The fourth-order valence-corrected chi connectivity index (χ4v) is 3.61. The lowest BCUT2D eigenvalue weighted by Gasteiger charge is -2.29. The molecule has 20 heavy (non-hydrogen) atoms. The predicted molar refractivity (Wildman–Crippen MR) is 82.4 cm³/mol. The lowest BCUT2D eigenvalue weighted by atomic mass is 9.95. The quantitative estimate of drug-likeness (QED) is 0.830. The minimum absolute atomic E-state index is 0.0407. The van der Waals surface area contributed by atoms with E-state index in [9.17, 15) is 5.11 Å². The van der Waals surface area contributed by atoms with Gasteiger partial charge in [-0.2, -0.15) is 0 Å². The molecule has 1 aliphatic heterocycles. The van der Waals surface area contributed by atoms with Crippen LogP contribution in [0.4, 0.5) is 0 Å². The van der Waals surface area contributed by atoms with Gasteiger partial charge in [-0.05, 0) is 23.6 Å². The van der Waals surface area contributed by atoms with Crippen molar-refractivity contribution in [2.45, 2.75) is 44.8 Å². The van der Waals surface area contributed by atoms with Gasteiger partial charge in [-0.15, -0.1) is 11.3 Å². The summed E-state index contributed by atoms with van der Waals surface area (Å²) in [7, 11) is 0. The number of aliphatic hydroxyl groups is 1. The summed E-state index contributed by atoms with van der Waals surface area (Å²) in [6.45, 7) is 6.65. The van der Waals surface area contributed by atoms with Crippen molar-refractivity contribution in [1.29, 1.82) is 0 Å². The van der Waals surface area contributed by atoms with Gasteiger partial charge in [-0.3, -0.25) is 0 Å². The summed E-state index contributed by atoms with van der Waals surface area (Å²) < 4.78 is 6.06. The standard InChI is InChI=1S/C17H20O2S/c1-17(2,3)16-9-8-15(20-16)14-10-12(18)11-6-4-5-7-13(11)19-14/h4-9,12,14,18H,10H2,1-3H3/t12-,14?/m1/s1. The smallest absolute Gasteiger partial charge is 0.136 e. The molecule has 0 saturated heterocycles. The molecule has 1 aromatic carbocycles. The van der Waals surface area contributed by atoms with Gasteiger partial charge >= 0.3 is 0 Å². The van der Waals surface area contributed by atoms with Crippen molar-refractivity contribution in [3.8, 4) is 5.75 Å². The molecule has 2 atom stereocenters. The van der Waals surface area contributed by atoms with Gasteiger partial charge in [0.1, 0.15) is 11.9 Å². The molecule has 2 aromatic rings. The number of aliphatic hydroxyl groups excluding tert-OH is 1. The average Bonchev–Trinajstić information content (AvgIpc) is 2.88. The number of hydrogen-bond donors (Lipinski definition) is 1. The average molecular weight is 288 g/mol. The fraction of sp³-hybridized carbons (Fsp3) is 0.412. The maximum atomic E-state index is 10.3. The molecule has 2 heterocycles. The van der Waals surface area contributed by atoms with Crippen molar-refractivity contribution in [3.05, 3.63) is 51.7 Å². The van der Waals surface area contributed by atoms with Crippen molar-refractivity contribution in [1.82, 2.24) is 0 Å². The number of benzene rings is 1. The molecule has 2 nitrogen and oxygen atoms in total. The van der Waals surface area contributed by atoms with Crippen molar-refractivity contribution in [2.24, 2.45) is 0 Å². The molecule has 1 unspecified atom stereocenters. The van der Waals surface area contributed by atoms with E-state index in [1.165, 1.54) is 9.75 Å². The fourth-order valence-electron chi connectivity index (χ4n) is 2.50. The van der Waals surface area contributed by atoms with Crippen molar-refractivity contribution in [3.63, 3.8) is 0 Å². The van der Waals surface area contributed by atoms with E-state index in [-0.39, 0.29) is 11.5 Å². The molecule has 0 amide bonds. The third kappa shape index (κ3) is 2.48. The van der Waals surface area contributed by atoms with Crippen LogP contribution >= 0.6 is 11.3 Å². The number of hydrogen-bond acceptors (Lipinski definition) is 3. The highest BCUT2D eigenvalue weighted by Crippen LogP contribution is 2.43. The molecular weight excluding hydrogens is 268 g/mol. The third-order valence-electron chi connectivity index (χ3n) is 3.67. The van der Waals surface area contributed by atoms with Crippen molar-refractivity contribution < 1.29 is 9.84 Å². The second-order valence-corrected chi connectivity index (χ2v) is 7.46. The van der Waals surface area contributed by atoms with Gasteiger partial charge < -0.3 is 9.84 Å². The summed E-state index contributed by atoms with van der Waals surface area (Å²) in [5.74, 6) is 0.807. The van der Waals surface area contributed by atoms with E-state index < -0.39 is 6.10 Å². The molecule has 0 spiro atoms. The van der Waals surface area contributed by atoms with E-state index in [1.807, 2.05) is 24.3 Å².